The summed E-state index contributed by atoms with van der Waals surface area (Å²) in [5, 5.41) is 3.16. The average molecular weight is 272 g/mol. The Morgan fingerprint density at radius 3 is 2.87 bits per heavy atom. The summed E-state index contributed by atoms with van der Waals surface area (Å²) < 4.78 is 6.17. The van der Waals surface area contributed by atoms with Crippen molar-refractivity contribution in [2.24, 2.45) is 0 Å². The molecule has 0 heterocycles. The molecule has 82 valence electrons. The summed E-state index contributed by atoms with van der Waals surface area (Å²) in [4.78, 5) is 10.8. The zero-order valence-corrected chi connectivity index (χ0v) is 10.4. The number of ether oxygens (including phenoxy) is 1. The highest BCUT2D eigenvalue weighted by Crippen LogP contribution is 2.27. The molecule has 0 saturated heterocycles. The van der Waals surface area contributed by atoms with E-state index in [0.717, 1.165) is 15.9 Å². The van der Waals surface area contributed by atoms with Gasteiger partial charge in [-0.3, -0.25) is 4.79 Å². The fourth-order valence-electron chi connectivity index (χ4n) is 1.19. The van der Waals surface area contributed by atoms with Gasteiger partial charge < -0.3 is 10.1 Å². The van der Waals surface area contributed by atoms with Crippen molar-refractivity contribution in [3.05, 3.63) is 22.7 Å². The van der Waals surface area contributed by atoms with Gasteiger partial charge in [0.2, 0.25) is 0 Å². The van der Waals surface area contributed by atoms with Crippen molar-refractivity contribution in [3.63, 3.8) is 0 Å². The van der Waals surface area contributed by atoms with Crippen LogP contribution in [0.1, 0.15) is 13.3 Å². The Morgan fingerprint density at radius 1 is 1.53 bits per heavy atom. The van der Waals surface area contributed by atoms with Crippen LogP contribution in [-0.4, -0.2) is 19.4 Å². The maximum absolute atomic E-state index is 10.8. The van der Waals surface area contributed by atoms with Crippen molar-refractivity contribution >= 4 is 27.4 Å². The van der Waals surface area contributed by atoms with Crippen molar-refractivity contribution in [2.45, 2.75) is 13.3 Å². The van der Waals surface area contributed by atoms with Gasteiger partial charge in [-0.25, -0.2) is 0 Å². The number of Topliss-reactive ketones (excluding diaryl/α,β-unsaturated/α-hetero) is 1. The number of methoxy groups -OCH3 is 1. The van der Waals surface area contributed by atoms with Gasteiger partial charge in [-0.1, -0.05) is 15.9 Å². The minimum absolute atomic E-state index is 0.177. The standard InChI is InChI=1S/C11H14BrNO2/c1-8(14)5-6-13-10-7-9(12)3-4-11(10)15-2/h3-4,7,13H,5-6H2,1-2H3. The van der Waals surface area contributed by atoms with Gasteiger partial charge in [0.05, 0.1) is 12.8 Å². The van der Waals surface area contributed by atoms with Crippen LogP contribution in [-0.2, 0) is 4.79 Å². The molecule has 0 spiro atoms. The van der Waals surface area contributed by atoms with Gasteiger partial charge in [0.15, 0.2) is 0 Å². The van der Waals surface area contributed by atoms with E-state index in [-0.39, 0.29) is 5.78 Å². The van der Waals surface area contributed by atoms with Crippen LogP contribution in [0.25, 0.3) is 0 Å². The SMILES string of the molecule is COc1ccc(Br)cc1NCCC(C)=O. The second kappa shape index (κ2) is 5.75. The lowest BCUT2D eigenvalue weighted by Gasteiger charge is -2.10. The van der Waals surface area contributed by atoms with Gasteiger partial charge in [0.25, 0.3) is 0 Å². The van der Waals surface area contributed by atoms with Gasteiger partial charge in [-0.05, 0) is 25.1 Å². The summed E-state index contributed by atoms with van der Waals surface area (Å²) in [6.07, 6.45) is 0.523. The number of hydrogen-bond acceptors (Lipinski definition) is 3. The van der Waals surface area contributed by atoms with E-state index < -0.39 is 0 Å². The van der Waals surface area contributed by atoms with E-state index in [9.17, 15) is 4.79 Å². The fourth-order valence-corrected chi connectivity index (χ4v) is 1.55. The number of benzene rings is 1. The van der Waals surface area contributed by atoms with E-state index in [1.54, 1.807) is 14.0 Å². The molecule has 0 radical (unpaired) electrons. The zero-order chi connectivity index (χ0) is 11.3. The van der Waals surface area contributed by atoms with E-state index in [2.05, 4.69) is 21.2 Å². The second-order valence-electron chi connectivity index (χ2n) is 3.22. The molecule has 1 rings (SSSR count). The van der Waals surface area contributed by atoms with Gasteiger partial charge in [-0.2, -0.15) is 0 Å². The smallest absolute Gasteiger partial charge is 0.142 e. The van der Waals surface area contributed by atoms with Crippen molar-refractivity contribution in [2.75, 3.05) is 19.0 Å². The molecule has 0 amide bonds. The third-order valence-corrected chi connectivity index (χ3v) is 2.45. The second-order valence-corrected chi connectivity index (χ2v) is 4.14. The van der Waals surface area contributed by atoms with Crippen molar-refractivity contribution < 1.29 is 9.53 Å². The first kappa shape index (κ1) is 12.0. The maximum atomic E-state index is 10.8. The first-order chi connectivity index (χ1) is 7.13. The van der Waals surface area contributed by atoms with Crippen LogP contribution in [0.4, 0.5) is 5.69 Å². The molecule has 0 aliphatic carbocycles. The fraction of sp³-hybridized carbons (Fsp3) is 0.364. The molecule has 4 heteroatoms. The summed E-state index contributed by atoms with van der Waals surface area (Å²) >= 11 is 3.38. The Balaban J connectivity index is 2.65. The lowest BCUT2D eigenvalue weighted by atomic mass is 10.2. The molecular formula is C11H14BrNO2. The molecule has 0 aliphatic heterocycles. The maximum Gasteiger partial charge on any atom is 0.142 e. The highest BCUT2D eigenvalue weighted by Gasteiger charge is 2.03. The molecule has 1 N–H and O–H groups in total. The molecular weight excluding hydrogens is 258 g/mol. The summed E-state index contributed by atoms with van der Waals surface area (Å²) in [5.41, 5.74) is 0.896. The van der Waals surface area contributed by atoms with E-state index in [4.69, 9.17) is 4.74 Å². The Bertz CT molecular complexity index is 352. The average Bonchev–Trinajstić information content (AvgIpc) is 2.17. The predicted octanol–water partition coefficient (Wildman–Crippen LogP) is 2.85. The third-order valence-electron chi connectivity index (χ3n) is 1.95. The van der Waals surface area contributed by atoms with Crippen LogP contribution in [0.3, 0.4) is 0 Å². The van der Waals surface area contributed by atoms with Gasteiger partial charge in [-0.15, -0.1) is 0 Å². The molecule has 0 aromatic heterocycles. The van der Waals surface area contributed by atoms with Crippen LogP contribution < -0.4 is 10.1 Å². The topological polar surface area (TPSA) is 38.3 Å². The Kier molecular flexibility index (Phi) is 4.62. The zero-order valence-electron chi connectivity index (χ0n) is 8.84. The van der Waals surface area contributed by atoms with E-state index in [0.29, 0.717) is 13.0 Å². The van der Waals surface area contributed by atoms with Crippen molar-refractivity contribution in [3.8, 4) is 5.75 Å². The molecule has 0 unspecified atom stereocenters. The highest BCUT2D eigenvalue weighted by atomic mass is 79.9. The lowest BCUT2D eigenvalue weighted by Crippen LogP contribution is -2.06. The number of anilines is 1. The number of nitrogens with one attached hydrogen (secondary N) is 1. The third kappa shape index (κ3) is 3.91. The van der Waals surface area contributed by atoms with Crippen LogP contribution in [0.15, 0.2) is 22.7 Å². The van der Waals surface area contributed by atoms with Crippen molar-refractivity contribution in [1.29, 1.82) is 0 Å². The van der Waals surface area contributed by atoms with Crippen LogP contribution in [0, 0.1) is 0 Å². The number of halogens is 1. The Morgan fingerprint density at radius 2 is 2.27 bits per heavy atom. The summed E-state index contributed by atoms with van der Waals surface area (Å²) in [7, 11) is 1.62. The lowest BCUT2D eigenvalue weighted by molar-refractivity contribution is -0.116. The van der Waals surface area contributed by atoms with Gasteiger partial charge in [0, 0.05) is 17.4 Å². The number of carbonyl (C=O) groups is 1. The summed E-state index contributed by atoms with van der Waals surface area (Å²) in [6.45, 7) is 2.21. The largest absolute Gasteiger partial charge is 0.495 e. The Hall–Kier alpha value is -1.03. The minimum Gasteiger partial charge on any atom is -0.495 e. The number of rotatable bonds is 5. The molecule has 1 aromatic rings. The molecule has 15 heavy (non-hydrogen) atoms. The normalized spacial score (nSPS) is 9.80. The van der Waals surface area contributed by atoms with E-state index in [1.165, 1.54) is 0 Å². The molecule has 0 atom stereocenters. The highest BCUT2D eigenvalue weighted by molar-refractivity contribution is 9.10. The molecule has 0 aliphatic rings. The van der Waals surface area contributed by atoms with Crippen LogP contribution in [0.5, 0.6) is 5.75 Å². The summed E-state index contributed by atoms with van der Waals surface area (Å²) in [6, 6.07) is 5.72. The van der Waals surface area contributed by atoms with Gasteiger partial charge in [0.1, 0.15) is 11.5 Å². The van der Waals surface area contributed by atoms with E-state index >= 15 is 0 Å². The quantitative estimate of drug-likeness (QED) is 0.895. The number of hydrogen-bond donors (Lipinski definition) is 1. The van der Waals surface area contributed by atoms with Crippen LogP contribution >= 0.6 is 15.9 Å². The molecule has 0 saturated carbocycles. The number of carbonyl (C=O) groups excluding carboxylic acids is 1. The molecule has 0 fully saturated rings. The monoisotopic (exact) mass is 271 g/mol. The predicted molar refractivity (Wildman–Crippen MR) is 64.5 cm³/mol. The van der Waals surface area contributed by atoms with Crippen molar-refractivity contribution in [1.82, 2.24) is 0 Å². The first-order valence-corrected chi connectivity index (χ1v) is 5.49. The van der Waals surface area contributed by atoms with E-state index in [1.807, 2.05) is 18.2 Å². The molecule has 1 aromatic carbocycles. The number of ketones is 1. The Labute approximate surface area is 97.9 Å². The molecule has 3 nitrogen and oxygen atoms in total. The first-order valence-electron chi connectivity index (χ1n) is 4.70. The van der Waals surface area contributed by atoms with Crippen LogP contribution in [0.2, 0.25) is 0 Å². The summed E-state index contributed by atoms with van der Waals surface area (Å²) in [5.74, 6) is 0.957. The minimum atomic E-state index is 0.177. The molecule has 0 bridgehead atoms. The van der Waals surface area contributed by atoms with Gasteiger partial charge >= 0.3 is 0 Å².